The summed E-state index contributed by atoms with van der Waals surface area (Å²) in [5.74, 6) is -0.598. The van der Waals surface area contributed by atoms with Gasteiger partial charge in [0.2, 0.25) is 5.91 Å². The van der Waals surface area contributed by atoms with Crippen molar-refractivity contribution in [2.75, 3.05) is 24.7 Å². The Kier molecular flexibility index (Phi) is 3.87. The summed E-state index contributed by atoms with van der Waals surface area (Å²) in [6.07, 6.45) is 0. The molecule has 0 aromatic heterocycles. The largest absolute Gasteiger partial charge is 0.379 e. The molecule has 19 heavy (non-hydrogen) atoms. The summed E-state index contributed by atoms with van der Waals surface area (Å²) in [6.45, 7) is 4.61. The lowest BCUT2D eigenvalue weighted by atomic mass is 9.84. The first-order chi connectivity index (χ1) is 9.00. The van der Waals surface area contributed by atoms with Gasteiger partial charge in [-0.05, 0) is 26.0 Å². The number of hydrogen-bond donors (Lipinski definition) is 1. The average molecular weight is 266 g/mol. The van der Waals surface area contributed by atoms with Gasteiger partial charge in [-0.15, -0.1) is 0 Å². The molecule has 1 heterocycles. The van der Waals surface area contributed by atoms with E-state index < -0.39 is 11.2 Å². The van der Waals surface area contributed by atoms with E-state index in [9.17, 15) is 9.18 Å². The molecule has 1 aliphatic rings. The third-order valence-electron chi connectivity index (χ3n) is 3.71. The molecule has 1 aromatic carbocycles. The molecule has 104 valence electrons. The molecule has 2 N–H and O–H groups in total. The molecular weight excluding hydrogens is 247 g/mol. The zero-order chi connectivity index (χ0) is 14.0. The van der Waals surface area contributed by atoms with Crippen molar-refractivity contribution in [2.24, 2.45) is 11.1 Å². The molecule has 1 saturated heterocycles. The van der Waals surface area contributed by atoms with Crippen molar-refractivity contribution >= 4 is 11.6 Å². The van der Waals surface area contributed by atoms with Crippen LogP contribution in [-0.2, 0) is 9.53 Å². The van der Waals surface area contributed by atoms with Crippen molar-refractivity contribution in [2.45, 2.75) is 19.9 Å². The molecule has 1 fully saturated rings. The van der Waals surface area contributed by atoms with Crippen LogP contribution in [0.5, 0.6) is 0 Å². The maximum atomic E-state index is 13.8. The number of carbonyl (C=O) groups is 1. The van der Waals surface area contributed by atoms with Gasteiger partial charge in [-0.3, -0.25) is 4.79 Å². The predicted octanol–water partition coefficient (Wildman–Crippen LogP) is 1.54. The number of amides is 1. The predicted molar refractivity (Wildman–Crippen MR) is 71.3 cm³/mol. The zero-order valence-electron chi connectivity index (χ0n) is 11.2. The summed E-state index contributed by atoms with van der Waals surface area (Å²) in [5.41, 5.74) is 5.45. The van der Waals surface area contributed by atoms with Crippen LogP contribution in [-0.4, -0.2) is 31.7 Å². The number of ether oxygens (including phenoxy) is 1. The Morgan fingerprint density at radius 1 is 1.58 bits per heavy atom. The highest BCUT2D eigenvalue weighted by molar-refractivity contribution is 5.98. The number of benzene rings is 1. The number of nitrogens with two attached hydrogens (primary N) is 1. The van der Waals surface area contributed by atoms with Gasteiger partial charge >= 0.3 is 0 Å². The molecule has 0 radical (unpaired) electrons. The second-order valence-electron chi connectivity index (χ2n) is 5.04. The van der Waals surface area contributed by atoms with Gasteiger partial charge in [0.25, 0.3) is 0 Å². The van der Waals surface area contributed by atoms with Crippen molar-refractivity contribution in [1.82, 2.24) is 0 Å². The van der Waals surface area contributed by atoms with Crippen molar-refractivity contribution < 1.29 is 13.9 Å². The average Bonchev–Trinajstić information content (AvgIpc) is 2.74. The topological polar surface area (TPSA) is 55.6 Å². The van der Waals surface area contributed by atoms with Gasteiger partial charge < -0.3 is 15.4 Å². The summed E-state index contributed by atoms with van der Waals surface area (Å²) in [7, 11) is 0. The Labute approximate surface area is 112 Å². The number of anilines is 1. The van der Waals surface area contributed by atoms with Gasteiger partial charge in [0.15, 0.2) is 0 Å². The first kappa shape index (κ1) is 14.0. The number of nitrogens with zero attached hydrogens (tertiary/aromatic N) is 1. The molecule has 1 aromatic rings. The van der Waals surface area contributed by atoms with E-state index in [0.717, 1.165) is 0 Å². The molecule has 2 rings (SSSR count). The molecule has 5 heteroatoms. The summed E-state index contributed by atoms with van der Waals surface area (Å²) in [4.78, 5) is 14.1. The van der Waals surface area contributed by atoms with E-state index in [-0.39, 0.29) is 24.2 Å². The molecular formula is C14H19FN2O2. The molecule has 0 spiro atoms. The van der Waals surface area contributed by atoms with Crippen LogP contribution < -0.4 is 10.6 Å². The Morgan fingerprint density at radius 2 is 2.26 bits per heavy atom. The van der Waals surface area contributed by atoms with Crippen LogP contribution in [0.2, 0.25) is 0 Å². The number of rotatable bonds is 3. The van der Waals surface area contributed by atoms with Crippen LogP contribution in [0.15, 0.2) is 24.3 Å². The van der Waals surface area contributed by atoms with Crippen LogP contribution in [0.1, 0.15) is 13.8 Å². The Hall–Kier alpha value is -1.46. The Balaban J connectivity index is 2.33. The lowest BCUT2D eigenvalue weighted by molar-refractivity contribution is -0.127. The van der Waals surface area contributed by atoms with Gasteiger partial charge in [0.05, 0.1) is 24.3 Å². The zero-order valence-corrected chi connectivity index (χ0v) is 11.2. The van der Waals surface area contributed by atoms with E-state index in [1.807, 2.05) is 6.92 Å². The van der Waals surface area contributed by atoms with E-state index in [2.05, 4.69) is 0 Å². The van der Waals surface area contributed by atoms with Crippen molar-refractivity contribution in [1.29, 1.82) is 0 Å². The van der Waals surface area contributed by atoms with E-state index >= 15 is 0 Å². The summed E-state index contributed by atoms with van der Waals surface area (Å²) < 4.78 is 19.1. The Morgan fingerprint density at radius 3 is 2.79 bits per heavy atom. The van der Waals surface area contributed by atoms with Crippen molar-refractivity contribution in [3.05, 3.63) is 30.1 Å². The highest BCUT2D eigenvalue weighted by Crippen LogP contribution is 2.32. The van der Waals surface area contributed by atoms with Gasteiger partial charge in [-0.1, -0.05) is 12.1 Å². The first-order valence-corrected chi connectivity index (χ1v) is 6.40. The van der Waals surface area contributed by atoms with Crippen LogP contribution in [0.25, 0.3) is 0 Å². The normalized spacial score (nSPS) is 26.4. The highest BCUT2D eigenvalue weighted by atomic mass is 19.1. The number of carbonyl (C=O) groups excluding carboxylic acids is 1. The van der Waals surface area contributed by atoms with Gasteiger partial charge in [0, 0.05) is 12.6 Å². The third kappa shape index (κ3) is 2.35. The monoisotopic (exact) mass is 266 g/mol. The molecule has 0 aliphatic carbocycles. The first-order valence-electron chi connectivity index (χ1n) is 6.40. The minimum Gasteiger partial charge on any atom is -0.379 e. The fourth-order valence-electron chi connectivity index (χ4n) is 2.31. The van der Waals surface area contributed by atoms with E-state index in [1.165, 1.54) is 11.0 Å². The van der Waals surface area contributed by atoms with E-state index in [0.29, 0.717) is 13.2 Å². The third-order valence-corrected chi connectivity index (χ3v) is 3.71. The van der Waals surface area contributed by atoms with Crippen LogP contribution >= 0.6 is 0 Å². The van der Waals surface area contributed by atoms with Gasteiger partial charge in [0.1, 0.15) is 5.82 Å². The molecule has 0 saturated carbocycles. The maximum absolute atomic E-state index is 13.8. The smallest absolute Gasteiger partial charge is 0.237 e. The molecule has 2 atom stereocenters. The van der Waals surface area contributed by atoms with E-state index in [1.54, 1.807) is 25.1 Å². The van der Waals surface area contributed by atoms with Crippen molar-refractivity contribution in [3.63, 3.8) is 0 Å². The van der Waals surface area contributed by atoms with Crippen LogP contribution in [0.4, 0.5) is 10.1 Å². The SMILES string of the molecule is CCN(C(=O)C1(C)COCC1N)c1ccccc1F. The minimum atomic E-state index is -0.793. The van der Waals surface area contributed by atoms with Crippen LogP contribution in [0, 0.1) is 11.2 Å². The lowest BCUT2D eigenvalue weighted by Gasteiger charge is -2.32. The number of para-hydroxylation sites is 1. The summed E-state index contributed by atoms with van der Waals surface area (Å²) >= 11 is 0. The second-order valence-corrected chi connectivity index (χ2v) is 5.04. The summed E-state index contributed by atoms with van der Waals surface area (Å²) in [5, 5.41) is 0. The standard InChI is InChI=1S/C14H19FN2O2/c1-3-17(11-7-5-4-6-10(11)15)13(18)14(2)9-19-8-12(14)16/h4-7,12H,3,8-9,16H2,1-2H3. The number of halogens is 1. The summed E-state index contributed by atoms with van der Waals surface area (Å²) in [6, 6.07) is 5.89. The fraction of sp³-hybridized carbons (Fsp3) is 0.500. The van der Waals surface area contributed by atoms with E-state index in [4.69, 9.17) is 10.5 Å². The van der Waals surface area contributed by atoms with Gasteiger partial charge in [-0.25, -0.2) is 4.39 Å². The number of hydrogen-bond acceptors (Lipinski definition) is 3. The Bertz CT molecular complexity index is 480. The second kappa shape index (κ2) is 5.27. The minimum absolute atomic E-state index is 0.190. The lowest BCUT2D eigenvalue weighted by Crippen LogP contribution is -2.51. The van der Waals surface area contributed by atoms with Crippen molar-refractivity contribution in [3.8, 4) is 0 Å². The molecule has 1 aliphatic heterocycles. The van der Waals surface area contributed by atoms with Crippen LogP contribution in [0.3, 0.4) is 0 Å². The molecule has 1 amide bonds. The molecule has 0 bridgehead atoms. The highest BCUT2D eigenvalue weighted by Gasteiger charge is 2.46. The molecule has 2 unspecified atom stereocenters. The maximum Gasteiger partial charge on any atom is 0.237 e. The molecule has 4 nitrogen and oxygen atoms in total. The quantitative estimate of drug-likeness (QED) is 0.903. The van der Waals surface area contributed by atoms with Gasteiger partial charge in [-0.2, -0.15) is 0 Å². The fourth-order valence-corrected chi connectivity index (χ4v) is 2.31.